The van der Waals surface area contributed by atoms with Crippen LogP contribution in [0, 0.1) is 5.41 Å². The molecule has 0 aromatic carbocycles. The van der Waals surface area contributed by atoms with Gasteiger partial charge in [-0.15, -0.1) is 0 Å². The molecule has 0 N–H and O–H groups in total. The van der Waals surface area contributed by atoms with Crippen molar-refractivity contribution in [2.24, 2.45) is 5.41 Å². The quantitative estimate of drug-likeness (QED) is 0.390. The molecule has 0 aromatic heterocycles. The summed E-state index contributed by atoms with van der Waals surface area (Å²) in [5, 5.41) is 0. The Morgan fingerprint density at radius 3 is 2.12 bits per heavy atom. The predicted molar refractivity (Wildman–Crippen MR) is 64.8 cm³/mol. The van der Waals surface area contributed by atoms with Gasteiger partial charge in [-0.25, -0.2) is 0 Å². The Hall–Kier alpha value is 0.400. The van der Waals surface area contributed by atoms with Crippen LogP contribution in [0.25, 0.3) is 0 Å². The Morgan fingerprint density at radius 2 is 1.56 bits per heavy atom. The number of alkyl halides is 1. The molecular weight excluding hydrogens is 314 g/mol. The second kappa shape index (κ2) is 6.36. The first kappa shape index (κ1) is 14.5. The fraction of sp³-hybridized carbons (Fsp3) is 0.857. The van der Waals surface area contributed by atoms with E-state index in [9.17, 15) is 2.86 Å². The van der Waals surface area contributed by atoms with E-state index in [1.165, 1.54) is 19.3 Å². The molecule has 0 aromatic rings. The zero-order valence-corrected chi connectivity index (χ0v) is 13.0. The number of rotatable bonds is 1. The van der Waals surface area contributed by atoms with Crippen LogP contribution in [-0.2, 0) is 0 Å². The van der Waals surface area contributed by atoms with Crippen LogP contribution in [0.4, 0.5) is 2.86 Å². The van der Waals surface area contributed by atoms with Crippen LogP contribution in [0.15, 0.2) is 12.2 Å². The first-order chi connectivity index (χ1) is 7.47. The van der Waals surface area contributed by atoms with Crippen molar-refractivity contribution >= 4 is 0 Å². The molecule has 0 radical (unpaired) electrons. The second-order valence-corrected chi connectivity index (χ2v) is 9.09. The van der Waals surface area contributed by atoms with E-state index < -0.39 is 21.8 Å². The van der Waals surface area contributed by atoms with Gasteiger partial charge in [-0.05, 0) is 0 Å². The molecular formula is C14H25FI-. The topological polar surface area (TPSA) is 0 Å². The summed E-state index contributed by atoms with van der Waals surface area (Å²) in [6, 6.07) is 0. The Bertz CT molecular complexity index is 235. The normalized spacial score (nSPS) is 32.2. The molecule has 1 rings (SSSR count). The van der Waals surface area contributed by atoms with Crippen molar-refractivity contribution in [3.8, 4) is 0 Å². The van der Waals surface area contributed by atoms with E-state index in [0.29, 0.717) is 5.41 Å². The Balaban J connectivity index is 2.68. The summed E-state index contributed by atoms with van der Waals surface area (Å²) in [4.78, 5) is 0. The van der Waals surface area contributed by atoms with Crippen molar-refractivity contribution in [1.82, 2.24) is 0 Å². The average molecular weight is 339 g/mol. The van der Waals surface area contributed by atoms with Crippen LogP contribution in [0.2, 0.25) is 0 Å². The van der Waals surface area contributed by atoms with Crippen molar-refractivity contribution in [1.29, 1.82) is 0 Å². The molecule has 1 aliphatic rings. The number of halogens is 2. The van der Waals surface area contributed by atoms with Crippen molar-refractivity contribution in [3.05, 3.63) is 12.2 Å². The number of allylic oxidation sites excluding steroid dienone is 2. The zero-order chi connectivity index (χ0) is 12.1. The van der Waals surface area contributed by atoms with Gasteiger partial charge in [0.1, 0.15) is 0 Å². The van der Waals surface area contributed by atoms with Gasteiger partial charge in [0.05, 0.1) is 0 Å². The van der Waals surface area contributed by atoms with Crippen molar-refractivity contribution in [2.75, 3.05) is 0 Å². The molecule has 96 valence electrons. The van der Waals surface area contributed by atoms with Gasteiger partial charge in [-0.3, -0.25) is 0 Å². The molecule has 0 heterocycles. The summed E-state index contributed by atoms with van der Waals surface area (Å²) in [5.74, 6) is 0. The summed E-state index contributed by atoms with van der Waals surface area (Å²) in [7, 11) is 0. The van der Waals surface area contributed by atoms with Crippen LogP contribution in [0.1, 0.15) is 65.7 Å². The van der Waals surface area contributed by atoms with Gasteiger partial charge in [0.2, 0.25) is 0 Å². The third kappa shape index (κ3) is 5.15. The molecule has 1 atom stereocenters. The van der Waals surface area contributed by atoms with Crippen molar-refractivity contribution in [2.45, 2.75) is 69.1 Å². The Kier molecular flexibility index (Phi) is 5.75. The summed E-state index contributed by atoms with van der Waals surface area (Å²) in [5.41, 5.74) is 0.318. The van der Waals surface area contributed by atoms with E-state index in [-0.39, 0.29) is 3.42 Å². The van der Waals surface area contributed by atoms with E-state index in [4.69, 9.17) is 0 Å². The van der Waals surface area contributed by atoms with E-state index in [0.717, 1.165) is 25.7 Å². The molecule has 0 fully saturated rings. The molecule has 0 bridgehead atoms. The third-order valence-electron chi connectivity index (χ3n) is 3.48. The van der Waals surface area contributed by atoms with Gasteiger partial charge >= 0.3 is 111 Å². The van der Waals surface area contributed by atoms with Crippen LogP contribution in [-0.4, -0.2) is 3.42 Å². The first-order valence-corrected chi connectivity index (χ1v) is 8.29. The maximum absolute atomic E-state index is 13.3. The van der Waals surface area contributed by atoms with Gasteiger partial charge in [-0.1, -0.05) is 0 Å². The standard InChI is InChI=1S/C14H25FI/c1-13(2)10-8-6-4-5-7-9-11-14(3,12-13)16-15/h4-5H,6-12H2,1-3H3/q-1. The van der Waals surface area contributed by atoms with E-state index >= 15 is 0 Å². The molecule has 1 aliphatic carbocycles. The molecule has 0 nitrogen and oxygen atoms in total. The molecule has 0 saturated carbocycles. The minimum absolute atomic E-state index is 0.0144. The fourth-order valence-corrected chi connectivity index (χ4v) is 4.52. The molecule has 0 amide bonds. The summed E-state index contributed by atoms with van der Waals surface area (Å²) >= 11 is -1.14. The van der Waals surface area contributed by atoms with Gasteiger partial charge in [0.25, 0.3) is 0 Å². The molecule has 0 spiro atoms. The monoisotopic (exact) mass is 339 g/mol. The van der Waals surface area contributed by atoms with Gasteiger partial charge in [0, 0.05) is 0 Å². The van der Waals surface area contributed by atoms with Crippen LogP contribution >= 0.6 is 0 Å². The van der Waals surface area contributed by atoms with Crippen molar-refractivity contribution in [3.63, 3.8) is 0 Å². The molecule has 0 aliphatic heterocycles. The van der Waals surface area contributed by atoms with Crippen LogP contribution < -0.4 is 21.8 Å². The second-order valence-electron chi connectivity index (χ2n) is 6.08. The van der Waals surface area contributed by atoms with E-state index in [2.05, 4.69) is 32.9 Å². The number of hydrogen-bond donors (Lipinski definition) is 0. The third-order valence-corrected chi connectivity index (χ3v) is 5.38. The van der Waals surface area contributed by atoms with E-state index in [1.54, 1.807) is 0 Å². The van der Waals surface area contributed by atoms with Gasteiger partial charge < -0.3 is 0 Å². The van der Waals surface area contributed by atoms with Crippen LogP contribution in [0.5, 0.6) is 0 Å². The first-order valence-electron chi connectivity index (χ1n) is 6.40. The average Bonchev–Trinajstić information content (AvgIpc) is 2.23. The van der Waals surface area contributed by atoms with E-state index in [1.807, 2.05) is 0 Å². The summed E-state index contributed by atoms with van der Waals surface area (Å²) < 4.78 is 13.4. The Labute approximate surface area is 111 Å². The fourth-order valence-electron chi connectivity index (χ4n) is 2.76. The molecule has 2 heteroatoms. The van der Waals surface area contributed by atoms with Gasteiger partial charge in [0.15, 0.2) is 0 Å². The Morgan fingerprint density at radius 1 is 1.00 bits per heavy atom. The minimum atomic E-state index is -1.14. The number of hydrogen-bond acceptors (Lipinski definition) is 0. The summed E-state index contributed by atoms with van der Waals surface area (Å²) in [6.45, 7) is 6.79. The molecule has 0 saturated heterocycles. The molecule has 1 unspecified atom stereocenters. The summed E-state index contributed by atoms with van der Waals surface area (Å²) in [6.07, 6.45) is 12.7. The van der Waals surface area contributed by atoms with Crippen LogP contribution in [0.3, 0.4) is 0 Å². The van der Waals surface area contributed by atoms with Crippen molar-refractivity contribution < 1.29 is 24.6 Å². The SMILES string of the molecule is CC1(C)CCCC=CCCCC(C)([I-]F)C1. The predicted octanol–water partition coefficient (Wildman–Crippen LogP) is 2.05. The zero-order valence-electron chi connectivity index (χ0n) is 10.9. The molecule has 16 heavy (non-hydrogen) atoms. The van der Waals surface area contributed by atoms with Gasteiger partial charge in [-0.2, -0.15) is 0 Å². The maximum atomic E-state index is 13.3.